The number of nitrogens with zero attached hydrogens (tertiary/aromatic N) is 7. The number of alkyl halides is 4. The first kappa shape index (κ1) is 77.7. The molecule has 0 spiro atoms. The summed E-state index contributed by atoms with van der Waals surface area (Å²) in [5, 5.41) is 10.3. The normalized spacial score (nSPS) is 30.1. The molecule has 26 heteroatoms. The fourth-order valence-corrected chi connectivity index (χ4v) is 14.3. The molecule has 3 unspecified atom stereocenters. The van der Waals surface area contributed by atoms with E-state index in [1.54, 1.807) is 34.6 Å². The average molecular weight is 1310 g/mol. The van der Waals surface area contributed by atoms with Gasteiger partial charge in [-0.25, -0.2) is 0 Å². The smallest absolute Gasteiger partial charge is 0.351 e. The number of hydrogen-bond donors (Lipinski definition) is 4. The zero-order valence-electron chi connectivity index (χ0n) is 57.1. The Hall–Kier alpha value is -5.75. The van der Waals surface area contributed by atoms with Crippen LogP contribution in [0.1, 0.15) is 178 Å². The fraction of sp³-hybridized carbons (Fsp3) is 0.831. The van der Waals surface area contributed by atoms with Crippen molar-refractivity contribution >= 4 is 76.6 Å². The number of nitrogens with one attached hydrogen (secondary N) is 4. The van der Waals surface area contributed by atoms with Crippen molar-refractivity contribution in [2.45, 2.75) is 238 Å². The van der Waals surface area contributed by atoms with E-state index >= 15 is 9.59 Å². The number of hydrogen-bond acceptors (Lipinski definition) is 11. The maximum atomic E-state index is 15.1. The van der Waals surface area contributed by atoms with E-state index in [2.05, 4.69) is 21.3 Å². The molecule has 2 saturated heterocycles. The summed E-state index contributed by atoms with van der Waals surface area (Å²) in [7, 11) is 8.57. The van der Waals surface area contributed by atoms with Crippen LogP contribution >= 0.6 is 11.6 Å². The largest absolute Gasteiger partial charge is 0.393 e. The van der Waals surface area contributed by atoms with Crippen molar-refractivity contribution in [2.24, 2.45) is 41.4 Å². The third-order valence-electron chi connectivity index (χ3n) is 19.2. The van der Waals surface area contributed by atoms with Gasteiger partial charge < -0.3 is 55.6 Å². The highest BCUT2D eigenvalue weighted by Gasteiger charge is 2.49. The van der Waals surface area contributed by atoms with Gasteiger partial charge in [0.1, 0.15) is 41.8 Å². The predicted molar refractivity (Wildman–Crippen MR) is 340 cm³/mol. The highest BCUT2D eigenvalue weighted by Crippen LogP contribution is 2.44. The summed E-state index contributed by atoms with van der Waals surface area (Å²) in [5.74, 6) is -10.0. The molecular formula is C65H109ClF3N11O11. The Labute approximate surface area is 543 Å². The molecule has 2 aliphatic carbocycles. The fourth-order valence-electron chi connectivity index (χ4n) is 13.7. The molecule has 4 rings (SSSR count). The molecule has 0 aromatic rings. The third kappa shape index (κ3) is 21.7. The van der Waals surface area contributed by atoms with Gasteiger partial charge in [0.25, 0.3) is 0 Å². The second-order valence-electron chi connectivity index (χ2n) is 28.3. The molecule has 0 aromatic carbocycles. The molecule has 4 fully saturated rings. The van der Waals surface area contributed by atoms with Gasteiger partial charge in [0.2, 0.25) is 65.0 Å². The van der Waals surface area contributed by atoms with E-state index in [1.165, 1.54) is 61.9 Å². The minimum atomic E-state index is -4.50. The summed E-state index contributed by atoms with van der Waals surface area (Å²) in [5.41, 5.74) is -1.65. The maximum absolute atomic E-state index is 15.1. The quantitative estimate of drug-likeness (QED) is 0.172. The second kappa shape index (κ2) is 34.4. The summed E-state index contributed by atoms with van der Waals surface area (Å²) in [6.07, 6.45) is 1.27. The average Bonchev–Trinajstić information content (AvgIpc) is 2.41. The molecule has 11 amide bonds. The lowest BCUT2D eigenvalue weighted by molar-refractivity contribution is -0.182. The first-order valence-corrected chi connectivity index (χ1v) is 33.5. The van der Waals surface area contributed by atoms with Crippen molar-refractivity contribution in [3.8, 4) is 0 Å². The predicted octanol–water partition coefficient (Wildman–Crippen LogP) is 5.72. The van der Waals surface area contributed by atoms with Crippen LogP contribution in [0.2, 0.25) is 0 Å². The van der Waals surface area contributed by atoms with Crippen LogP contribution in [0.3, 0.4) is 0 Å². The van der Waals surface area contributed by atoms with Crippen LogP contribution in [0.15, 0.2) is 0 Å². The number of likely N-dealkylation sites (N-methyl/N-ethyl adjacent to an activating group) is 6. The highest BCUT2D eigenvalue weighted by molar-refractivity contribution is 6.20. The molecular weight excluding hydrogens is 1200 g/mol. The van der Waals surface area contributed by atoms with E-state index in [0.29, 0.717) is 12.8 Å². The maximum Gasteiger partial charge on any atom is 0.393 e. The standard InChI is InChI=1S/C65H109ClF3N11O11/c1-17-41(8)55-62(90)76(13)36-53(83)74(11)37-54(84)78(15)50(33-43-22-19-18-20-23-43)61(89)75(12)35-51(81)71-47(28-26-44-25-27-45(46(66)32-44)65(67,68)69)60(88)80-29-21-24-48(80)58(86)73-64(10,34-39(4)5)63(91)79(16)56(40(6)7)59(87)70-42(9)31-52(82)77(14)49(30-38(2)3)57(85)72-55/h38-50,55-56H,17-37H2,1-16H3,(H,70,87)(H,71,81)(H,72,85)(H,73,86)/t41-,42+,44?,45?,46?,47-,48-,49-,50-,55-,56-,64-/m0/s1. The van der Waals surface area contributed by atoms with E-state index in [1.807, 2.05) is 34.6 Å². The Balaban J connectivity index is 1.80. The van der Waals surface area contributed by atoms with Crippen molar-refractivity contribution < 1.29 is 65.9 Å². The summed E-state index contributed by atoms with van der Waals surface area (Å²) in [4.78, 5) is 168. The molecule has 2 heterocycles. The number of amides is 11. The third-order valence-corrected chi connectivity index (χ3v) is 19.7. The summed E-state index contributed by atoms with van der Waals surface area (Å²) < 4.78 is 41.7. The van der Waals surface area contributed by atoms with Crippen LogP contribution in [0.5, 0.6) is 0 Å². The van der Waals surface area contributed by atoms with Crippen LogP contribution in [0.25, 0.3) is 0 Å². The molecule has 2 aliphatic heterocycles. The topological polar surface area (TPSA) is 259 Å². The summed E-state index contributed by atoms with van der Waals surface area (Å²) >= 11 is 6.36. The number of carbonyl (C=O) groups excluding carboxylic acids is 11. The van der Waals surface area contributed by atoms with Crippen molar-refractivity contribution in [2.75, 3.05) is 68.5 Å². The summed E-state index contributed by atoms with van der Waals surface area (Å²) in [6.45, 7) is 16.3. The van der Waals surface area contributed by atoms with Crippen molar-refractivity contribution in [1.29, 1.82) is 0 Å². The Morgan fingerprint density at radius 3 is 1.79 bits per heavy atom. The van der Waals surface area contributed by atoms with Gasteiger partial charge in [-0.3, -0.25) is 52.7 Å². The van der Waals surface area contributed by atoms with E-state index in [0.717, 1.165) is 46.8 Å². The Kier molecular flexibility index (Phi) is 29.4. The van der Waals surface area contributed by atoms with Crippen molar-refractivity contribution in [1.82, 2.24) is 55.6 Å². The van der Waals surface area contributed by atoms with E-state index in [4.69, 9.17) is 11.6 Å². The number of fused-ring (bicyclic) bond motifs is 1. The van der Waals surface area contributed by atoms with Gasteiger partial charge in [-0.05, 0) is 114 Å². The number of carbonyl (C=O) groups is 11. The van der Waals surface area contributed by atoms with Crippen molar-refractivity contribution in [3.63, 3.8) is 0 Å². The lowest BCUT2D eigenvalue weighted by Gasteiger charge is -2.40. The molecule has 518 valence electrons. The minimum Gasteiger partial charge on any atom is -0.351 e. The zero-order valence-corrected chi connectivity index (χ0v) is 57.9. The molecule has 0 radical (unpaired) electrons. The summed E-state index contributed by atoms with van der Waals surface area (Å²) in [6, 6.07) is -7.70. The van der Waals surface area contributed by atoms with Crippen LogP contribution in [0, 0.1) is 41.4 Å². The van der Waals surface area contributed by atoms with E-state index < -0.39 is 162 Å². The van der Waals surface area contributed by atoms with Gasteiger partial charge in [0, 0.05) is 66.7 Å². The highest BCUT2D eigenvalue weighted by atomic mass is 35.5. The lowest BCUT2D eigenvalue weighted by atomic mass is 9.78. The first-order chi connectivity index (χ1) is 42.3. The van der Waals surface area contributed by atoms with E-state index in [9.17, 15) is 56.3 Å². The van der Waals surface area contributed by atoms with Gasteiger partial charge in [-0.15, -0.1) is 11.6 Å². The molecule has 12 atom stereocenters. The first-order valence-electron chi connectivity index (χ1n) is 33.1. The Morgan fingerprint density at radius 1 is 0.615 bits per heavy atom. The van der Waals surface area contributed by atoms with Crippen LogP contribution in [-0.4, -0.2) is 227 Å². The molecule has 91 heavy (non-hydrogen) atoms. The minimum absolute atomic E-state index is 0.00699. The molecule has 22 nitrogen and oxygen atoms in total. The number of rotatable bonds is 12. The van der Waals surface area contributed by atoms with Crippen LogP contribution in [-0.2, 0) is 52.7 Å². The van der Waals surface area contributed by atoms with Gasteiger partial charge in [0.15, 0.2) is 0 Å². The van der Waals surface area contributed by atoms with E-state index in [-0.39, 0.29) is 94.4 Å². The second-order valence-corrected chi connectivity index (χ2v) is 28.8. The molecule has 4 N–H and O–H groups in total. The van der Waals surface area contributed by atoms with Gasteiger partial charge in [0.05, 0.1) is 25.6 Å². The molecule has 4 aliphatic rings. The molecule has 2 saturated carbocycles. The van der Waals surface area contributed by atoms with Crippen LogP contribution < -0.4 is 21.3 Å². The zero-order chi connectivity index (χ0) is 68.7. The Morgan fingerprint density at radius 2 is 1.22 bits per heavy atom. The lowest BCUT2D eigenvalue weighted by Crippen LogP contribution is -2.64. The molecule has 0 bridgehead atoms. The number of halogens is 4. The monoisotopic (exact) mass is 1310 g/mol. The molecule has 0 aromatic heterocycles. The van der Waals surface area contributed by atoms with Gasteiger partial charge in [-0.1, -0.05) is 93.9 Å². The Bertz CT molecular complexity index is 2560. The van der Waals surface area contributed by atoms with Crippen molar-refractivity contribution in [3.05, 3.63) is 0 Å². The SMILES string of the molecule is CC[C@H](C)[C@@H]1NC(=O)[C@H](CC(C)C)N(C)C(=O)C[C@@H](C)NC(=O)[C@H](C(C)C)N(C)C(=O)[C@](C)(CC(C)C)NC(=O)[C@@H]2CCCN2C(=O)[C@H](CCC2CCC(C(F)(F)F)C(Cl)C2)NC(=O)CN(C)C(=O)[C@H](CC2CCCCC2)N(C)C(=O)CN(C)C(=O)CN(C)C1=O. The van der Waals surface area contributed by atoms with Gasteiger partial charge in [-0.2, -0.15) is 13.2 Å². The van der Waals surface area contributed by atoms with Gasteiger partial charge >= 0.3 is 6.18 Å². The van der Waals surface area contributed by atoms with Crippen LogP contribution in [0.4, 0.5) is 13.2 Å².